The van der Waals surface area contributed by atoms with Gasteiger partial charge in [0, 0.05) is 23.2 Å². The number of carbonyl (C=O) groups is 1. The molecule has 0 amide bonds. The Labute approximate surface area is 156 Å². The van der Waals surface area contributed by atoms with Crippen molar-refractivity contribution in [3.63, 3.8) is 0 Å². The number of aliphatic imine (C=N–C) groups is 1. The first-order chi connectivity index (χ1) is 12.5. The molecule has 1 aromatic carbocycles. The molecule has 2 heterocycles. The van der Waals surface area contributed by atoms with Gasteiger partial charge in [-0.1, -0.05) is 11.6 Å². The van der Waals surface area contributed by atoms with Gasteiger partial charge in [0.05, 0.1) is 13.7 Å². The molecule has 0 spiro atoms. The van der Waals surface area contributed by atoms with Gasteiger partial charge in [0.1, 0.15) is 17.3 Å². The van der Waals surface area contributed by atoms with Gasteiger partial charge in [-0.25, -0.2) is 9.79 Å². The number of carboxylic acids is 1. The number of rotatable bonds is 2. The van der Waals surface area contributed by atoms with E-state index in [4.69, 9.17) is 32.0 Å². The average Bonchev–Trinajstić information content (AvgIpc) is 2.91. The van der Waals surface area contributed by atoms with Gasteiger partial charge in [-0.15, -0.1) is 0 Å². The molecule has 27 heavy (non-hydrogen) atoms. The smallest absolute Gasteiger partial charge is 0.490 e. The highest BCUT2D eigenvalue weighted by Crippen LogP contribution is 2.37. The zero-order chi connectivity index (χ0) is 20.4. The van der Waals surface area contributed by atoms with Crippen LogP contribution in [0, 0.1) is 0 Å². The molecule has 0 radical (unpaired) electrons. The SMILES string of the molecule is COc1ccc(Cl)cc1-c1nn(C)c2c1CN=C(N)N2.O=C(O)C(F)(F)F. The van der Waals surface area contributed by atoms with Crippen molar-refractivity contribution in [2.45, 2.75) is 12.7 Å². The fourth-order valence-corrected chi connectivity index (χ4v) is 2.45. The molecule has 12 heteroatoms. The molecule has 0 fully saturated rings. The summed E-state index contributed by atoms with van der Waals surface area (Å²) >= 11 is 6.08. The summed E-state index contributed by atoms with van der Waals surface area (Å²) in [5, 5.41) is 15.3. The highest BCUT2D eigenvalue weighted by atomic mass is 35.5. The number of carboxylic acid groups (broad SMARTS) is 1. The third-order valence-electron chi connectivity index (χ3n) is 3.46. The Balaban J connectivity index is 0.000000321. The number of nitrogens with zero attached hydrogens (tertiary/aromatic N) is 3. The molecule has 1 aliphatic rings. The second kappa shape index (κ2) is 7.74. The van der Waals surface area contributed by atoms with Crippen molar-refractivity contribution in [1.29, 1.82) is 0 Å². The van der Waals surface area contributed by atoms with Crippen LogP contribution in [0.25, 0.3) is 11.3 Å². The van der Waals surface area contributed by atoms with E-state index < -0.39 is 12.1 Å². The molecule has 2 aromatic rings. The standard InChI is InChI=1S/C13H14ClN5O.C2HF3O2/c1-19-12-9(6-16-13(15)17-12)11(18-19)8-5-7(14)3-4-10(8)20-2;3-2(4,5)1(6)7/h3-5H,6H2,1-2H3,(H3,15,16,17);(H,6,7). The zero-order valence-corrected chi connectivity index (χ0v) is 14.9. The molecule has 0 saturated carbocycles. The van der Waals surface area contributed by atoms with Crippen molar-refractivity contribution in [1.82, 2.24) is 9.78 Å². The van der Waals surface area contributed by atoms with Crippen LogP contribution in [0.2, 0.25) is 5.02 Å². The third kappa shape index (κ3) is 4.61. The lowest BCUT2D eigenvalue weighted by Gasteiger charge is -2.13. The van der Waals surface area contributed by atoms with Crippen LogP contribution < -0.4 is 15.8 Å². The fourth-order valence-electron chi connectivity index (χ4n) is 2.28. The molecular formula is C15H15ClF3N5O3. The van der Waals surface area contributed by atoms with Crippen molar-refractivity contribution < 1.29 is 27.8 Å². The first-order valence-corrected chi connectivity index (χ1v) is 7.69. The lowest BCUT2D eigenvalue weighted by Crippen LogP contribution is -2.27. The number of benzene rings is 1. The summed E-state index contributed by atoms with van der Waals surface area (Å²) in [6.45, 7) is 0.479. The number of hydrogen-bond acceptors (Lipinski definition) is 6. The van der Waals surface area contributed by atoms with E-state index in [2.05, 4.69) is 15.4 Å². The minimum atomic E-state index is -5.08. The number of guanidine groups is 1. The van der Waals surface area contributed by atoms with E-state index in [0.717, 1.165) is 28.4 Å². The Morgan fingerprint density at radius 2 is 2.07 bits per heavy atom. The number of ether oxygens (including phenoxy) is 1. The number of aryl methyl sites for hydroxylation is 1. The van der Waals surface area contributed by atoms with Gasteiger partial charge < -0.3 is 20.9 Å². The first-order valence-electron chi connectivity index (χ1n) is 7.31. The van der Waals surface area contributed by atoms with Gasteiger partial charge in [0.15, 0.2) is 5.96 Å². The quantitative estimate of drug-likeness (QED) is 0.707. The predicted molar refractivity (Wildman–Crippen MR) is 92.8 cm³/mol. The summed E-state index contributed by atoms with van der Waals surface area (Å²) in [7, 11) is 3.47. The van der Waals surface area contributed by atoms with E-state index in [-0.39, 0.29) is 0 Å². The van der Waals surface area contributed by atoms with E-state index in [1.807, 2.05) is 19.2 Å². The molecule has 0 aliphatic carbocycles. The van der Waals surface area contributed by atoms with Crippen molar-refractivity contribution in [3.05, 3.63) is 28.8 Å². The van der Waals surface area contributed by atoms with Crippen LogP contribution in [-0.4, -0.2) is 40.1 Å². The van der Waals surface area contributed by atoms with Gasteiger partial charge in [-0.05, 0) is 18.2 Å². The van der Waals surface area contributed by atoms with Gasteiger partial charge in [0.2, 0.25) is 0 Å². The number of fused-ring (bicyclic) bond motifs is 1. The minimum absolute atomic E-state index is 0.394. The molecule has 1 aliphatic heterocycles. The van der Waals surface area contributed by atoms with E-state index in [1.165, 1.54) is 0 Å². The second-order valence-electron chi connectivity index (χ2n) is 5.27. The monoisotopic (exact) mass is 405 g/mol. The Kier molecular flexibility index (Phi) is 5.84. The zero-order valence-electron chi connectivity index (χ0n) is 14.1. The number of methoxy groups -OCH3 is 1. The summed E-state index contributed by atoms with van der Waals surface area (Å²) < 4.78 is 38.9. The molecule has 3 rings (SSSR count). The molecule has 0 saturated heterocycles. The van der Waals surface area contributed by atoms with Crippen LogP contribution in [0.15, 0.2) is 23.2 Å². The summed E-state index contributed by atoms with van der Waals surface area (Å²) in [6.07, 6.45) is -5.08. The predicted octanol–water partition coefficient (Wildman–Crippen LogP) is 2.62. The fraction of sp³-hybridized carbons (Fsp3) is 0.267. The number of halogens is 4. The van der Waals surface area contributed by atoms with Crippen LogP contribution in [0.4, 0.5) is 19.0 Å². The molecule has 0 atom stereocenters. The molecule has 0 unspecified atom stereocenters. The van der Waals surface area contributed by atoms with Crippen LogP contribution in [-0.2, 0) is 18.4 Å². The van der Waals surface area contributed by atoms with Crippen molar-refractivity contribution in [2.24, 2.45) is 17.8 Å². The van der Waals surface area contributed by atoms with Gasteiger partial charge in [-0.2, -0.15) is 18.3 Å². The largest absolute Gasteiger partial charge is 0.496 e. The molecule has 146 valence electrons. The molecule has 8 nitrogen and oxygen atoms in total. The number of aliphatic carboxylic acids is 1. The highest BCUT2D eigenvalue weighted by Gasteiger charge is 2.38. The van der Waals surface area contributed by atoms with E-state index in [9.17, 15) is 13.2 Å². The number of anilines is 1. The Morgan fingerprint density at radius 3 is 2.63 bits per heavy atom. The number of nitrogens with two attached hydrogens (primary N) is 1. The van der Waals surface area contributed by atoms with Crippen molar-refractivity contribution in [2.75, 3.05) is 12.4 Å². The van der Waals surface area contributed by atoms with Gasteiger partial charge >= 0.3 is 12.1 Å². The topological polar surface area (TPSA) is 115 Å². The lowest BCUT2D eigenvalue weighted by atomic mass is 10.1. The Hall–Kier alpha value is -2.95. The minimum Gasteiger partial charge on any atom is -0.496 e. The van der Waals surface area contributed by atoms with Gasteiger partial charge in [-0.3, -0.25) is 4.68 Å². The summed E-state index contributed by atoms with van der Waals surface area (Å²) in [5.74, 6) is -0.801. The molecular weight excluding hydrogens is 391 g/mol. The first kappa shape index (κ1) is 20.4. The van der Waals surface area contributed by atoms with Crippen LogP contribution >= 0.6 is 11.6 Å². The maximum Gasteiger partial charge on any atom is 0.490 e. The second-order valence-corrected chi connectivity index (χ2v) is 5.71. The molecule has 1 aromatic heterocycles. The van der Waals surface area contributed by atoms with E-state index in [1.54, 1.807) is 17.9 Å². The molecule has 0 bridgehead atoms. The van der Waals surface area contributed by atoms with Crippen molar-refractivity contribution >= 4 is 29.3 Å². The van der Waals surface area contributed by atoms with Crippen LogP contribution in [0.5, 0.6) is 5.75 Å². The number of nitrogens with one attached hydrogen (secondary N) is 1. The Morgan fingerprint density at radius 1 is 1.44 bits per heavy atom. The maximum absolute atomic E-state index is 10.6. The van der Waals surface area contributed by atoms with E-state index >= 15 is 0 Å². The normalized spacial score (nSPS) is 12.9. The number of alkyl halides is 3. The average molecular weight is 406 g/mol. The molecule has 4 N–H and O–H groups in total. The van der Waals surface area contributed by atoms with Crippen LogP contribution in [0.3, 0.4) is 0 Å². The highest BCUT2D eigenvalue weighted by molar-refractivity contribution is 6.31. The third-order valence-corrected chi connectivity index (χ3v) is 3.69. The lowest BCUT2D eigenvalue weighted by molar-refractivity contribution is -0.192. The van der Waals surface area contributed by atoms with Crippen LogP contribution in [0.1, 0.15) is 5.56 Å². The maximum atomic E-state index is 10.6. The van der Waals surface area contributed by atoms with E-state index in [0.29, 0.717) is 17.5 Å². The summed E-state index contributed by atoms with van der Waals surface area (Å²) in [6, 6.07) is 5.45. The number of aromatic nitrogens is 2. The van der Waals surface area contributed by atoms with Gasteiger partial charge in [0.25, 0.3) is 0 Å². The summed E-state index contributed by atoms with van der Waals surface area (Å²) in [5.41, 5.74) is 8.31. The Bertz CT molecular complexity index is 896. The number of hydrogen-bond donors (Lipinski definition) is 3. The van der Waals surface area contributed by atoms with Crippen molar-refractivity contribution in [3.8, 4) is 17.0 Å². The summed E-state index contributed by atoms with van der Waals surface area (Å²) in [4.78, 5) is 13.1.